The third-order valence-corrected chi connectivity index (χ3v) is 4.80. The van der Waals surface area contributed by atoms with E-state index in [1.807, 2.05) is 20.1 Å². The van der Waals surface area contributed by atoms with Crippen LogP contribution in [0.3, 0.4) is 0 Å². The summed E-state index contributed by atoms with van der Waals surface area (Å²) < 4.78 is 37.1. The van der Waals surface area contributed by atoms with E-state index in [0.717, 1.165) is 12.8 Å². The summed E-state index contributed by atoms with van der Waals surface area (Å²) in [5.74, 6) is -4.18. The smallest absolute Gasteiger partial charge is 0.403 e. The molecule has 0 bridgehead atoms. The Hall–Kier alpha value is -0.430. The maximum Gasteiger partial charge on any atom is 0.403 e. The zero-order valence-corrected chi connectivity index (χ0v) is 11.6. The van der Waals surface area contributed by atoms with E-state index in [2.05, 4.69) is 5.32 Å². The molecule has 0 fully saturated rings. The Labute approximate surface area is 110 Å². The SMILES string of the molecule is CCC(CC)(CNCC(C(=O)O)C(F)(F)F)SC. The van der Waals surface area contributed by atoms with Gasteiger partial charge < -0.3 is 10.4 Å². The molecule has 0 saturated carbocycles. The lowest BCUT2D eigenvalue weighted by Gasteiger charge is -2.30. The molecule has 0 heterocycles. The molecule has 0 aromatic carbocycles. The largest absolute Gasteiger partial charge is 0.481 e. The molecular weight excluding hydrogens is 267 g/mol. The fourth-order valence-corrected chi connectivity index (χ4v) is 2.47. The molecule has 0 radical (unpaired) electrons. The van der Waals surface area contributed by atoms with E-state index in [-0.39, 0.29) is 4.75 Å². The van der Waals surface area contributed by atoms with E-state index in [4.69, 9.17) is 5.11 Å². The minimum atomic E-state index is -4.71. The summed E-state index contributed by atoms with van der Waals surface area (Å²) in [5, 5.41) is 11.2. The number of hydrogen-bond donors (Lipinski definition) is 2. The summed E-state index contributed by atoms with van der Waals surface area (Å²) in [6.45, 7) is 3.74. The normalized spacial score (nSPS) is 14.6. The van der Waals surface area contributed by atoms with Crippen molar-refractivity contribution in [2.24, 2.45) is 5.92 Å². The molecule has 0 saturated heterocycles. The summed E-state index contributed by atoms with van der Waals surface area (Å²) >= 11 is 1.59. The van der Waals surface area contributed by atoms with Crippen molar-refractivity contribution in [2.75, 3.05) is 19.3 Å². The van der Waals surface area contributed by atoms with Crippen LogP contribution >= 0.6 is 11.8 Å². The molecule has 0 aromatic heterocycles. The Morgan fingerprint density at radius 1 is 1.33 bits per heavy atom. The topological polar surface area (TPSA) is 49.3 Å². The van der Waals surface area contributed by atoms with Crippen molar-refractivity contribution in [1.82, 2.24) is 5.32 Å². The molecule has 0 aliphatic heterocycles. The lowest BCUT2D eigenvalue weighted by atomic mass is 10.0. The number of thioether (sulfide) groups is 1. The van der Waals surface area contributed by atoms with Gasteiger partial charge in [-0.15, -0.1) is 0 Å². The van der Waals surface area contributed by atoms with E-state index in [1.165, 1.54) is 0 Å². The van der Waals surface area contributed by atoms with Crippen molar-refractivity contribution >= 4 is 17.7 Å². The third kappa shape index (κ3) is 5.06. The Kier molecular flexibility index (Phi) is 7.06. The first-order valence-corrected chi connectivity index (χ1v) is 7.00. The van der Waals surface area contributed by atoms with Crippen LogP contribution in [0.15, 0.2) is 0 Å². The van der Waals surface area contributed by atoms with Crippen molar-refractivity contribution in [2.45, 2.75) is 37.6 Å². The van der Waals surface area contributed by atoms with Crippen LogP contribution in [0.1, 0.15) is 26.7 Å². The summed E-state index contributed by atoms with van der Waals surface area (Å²) in [4.78, 5) is 10.5. The molecule has 3 nitrogen and oxygen atoms in total. The summed E-state index contributed by atoms with van der Waals surface area (Å²) in [7, 11) is 0. The molecule has 7 heteroatoms. The van der Waals surface area contributed by atoms with Crippen LogP contribution in [-0.2, 0) is 4.79 Å². The number of hydrogen-bond acceptors (Lipinski definition) is 3. The molecule has 0 spiro atoms. The van der Waals surface area contributed by atoms with Gasteiger partial charge in [0.25, 0.3) is 0 Å². The van der Waals surface area contributed by atoms with Crippen LogP contribution in [0, 0.1) is 5.92 Å². The fourth-order valence-electron chi connectivity index (χ4n) is 1.65. The van der Waals surface area contributed by atoms with Gasteiger partial charge in [-0.25, -0.2) is 0 Å². The van der Waals surface area contributed by atoms with Gasteiger partial charge >= 0.3 is 12.1 Å². The average Bonchev–Trinajstić information content (AvgIpc) is 2.28. The molecule has 2 N–H and O–H groups in total. The Morgan fingerprint density at radius 3 is 2.11 bits per heavy atom. The van der Waals surface area contributed by atoms with Gasteiger partial charge in [-0.1, -0.05) is 13.8 Å². The summed E-state index contributed by atoms with van der Waals surface area (Å²) in [6.07, 6.45) is -1.16. The van der Waals surface area contributed by atoms with Crippen molar-refractivity contribution in [3.63, 3.8) is 0 Å². The quantitative estimate of drug-likeness (QED) is 0.721. The van der Waals surface area contributed by atoms with Crippen molar-refractivity contribution in [3.8, 4) is 0 Å². The van der Waals surface area contributed by atoms with Crippen molar-refractivity contribution in [1.29, 1.82) is 0 Å². The summed E-state index contributed by atoms with van der Waals surface area (Å²) in [5.41, 5.74) is 0. The highest BCUT2D eigenvalue weighted by molar-refractivity contribution is 8.00. The second kappa shape index (κ2) is 7.23. The van der Waals surface area contributed by atoms with Crippen LogP contribution in [0.25, 0.3) is 0 Å². The van der Waals surface area contributed by atoms with Crippen molar-refractivity contribution in [3.05, 3.63) is 0 Å². The van der Waals surface area contributed by atoms with E-state index >= 15 is 0 Å². The Bertz CT molecular complexity index is 259. The highest BCUT2D eigenvalue weighted by atomic mass is 32.2. The Morgan fingerprint density at radius 2 is 1.83 bits per heavy atom. The molecule has 18 heavy (non-hydrogen) atoms. The van der Waals surface area contributed by atoms with Gasteiger partial charge in [0, 0.05) is 17.8 Å². The number of nitrogens with one attached hydrogen (secondary N) is 1. The van der Waals surface area contributed by atoms with E-state index in [0.29, 0.717) is 6.54 Å². The predicted molar refractivity (Wildman–Crippen MR) is 66.9 cm³/mol. The van der Waals surface area contributed by atoms with E-state index in [9.17, 15) is 18.0 Å². The first kappa shape index (κ1) is 17.6. The minimum Gasteiger partial charge on any atom is -0.481 e. The number of aliphatic carboxylic acids is 1. The average molecular weight is 287 g/mol. The van der Waals surface area contributed by atoms with Crippen LogP contribution in [0.5, 0.6) is 0 Å². The lowest BCUT2D eigenvalue weighted by molar-refractivity contribution is -0.192. The van der Waals surface area contributed by atoms with Gasteiger partial charge in [0.1, 0.15) is 0 Å². The molecule has 1 atom stereocenters. The Balaban J connectivity index is 4.43. The second-order valence-corrected chi connectivity index (χ2v) is 5.43. The van der Waals surface area contributed by atoms with Crippen LogP contribution in [0.2, 0.25) is 0 Å². The van der Waals surface area contributed by atoms with Gasteiger partial charge in [-0.2, -0.15) is 24.9 Å². The number of alkyl halides is 3. The molecule has 0 aromatic rings. The zero-order chi connectivity index (χ0) is 14.4. The molecule has 1 unspecified atom stereocenters. The van der Waals surface area contributed by atoms with Gasteiger partial charge in [-0.3, -0.25) is 4.79 Å². The number of carboxylic acid groups (broad SMARTS) is 1. The van der Waals surface area contributed by atoms with Crippen molar-refractivity contribution < 1.29 is 23.1 Å². The molecule has 108 valence electrons. The van der Waals surface area contributed by atoms with Crippen LogP contribution in [-0.4, -0.2) is 41.3 Å². The maximum absolute atomic E-state index is 12.4. The summed E-state index contributed by atoms with van der Waals surface area (Å²) in [6, 6.07) is 0. The van der Waals surface area contributed by atoms with E-state index in [1.54, 1.807) is 11.8 Å². The first-order valence-electron chi connectivity index (χ1n) is 5.77. The molecule has 0 aliphatic rings. The van der Waals surface area contributed by atoms with E-state index < -0.39 is 24.6 Å². The molecule has 0 amide bonds. The number of rotatable bonds is 8. The lowest BCUT2D eigenvalue weighted by Crippen LogP contribution is -2.44. The van der Waals surface area contributed by atoms with Gasteiger partial charge in [0.15, 0.2) is 5.92 Å². The zero-order valence-electron chi connectivity index (χ0n) is 10.8. The monoisotopic (exact) mass is 287 g/mol. The fraction of sp³-hybridized carbons (Fsp3) is 0.909. The molecular formula is C11H20F3NO2S. The number of halogens is 3. The predicted octanol–water partition coefficient (Wildman–Crippen LogP) is 2.76. The van der Waals surface area contributed by atoms with Gasteiger partial charge in [-0.05, 0) is 19.1 Å². The molecule has 0 rings (SSSR count). The number of carboxylic acids is 1. The van der Waals surface area contributed by atoms with Gasteiger partial charge in [0.2, 0.25) is 0 Å². The highest BCUT2D eigenvalue weighted by Gasteiger charge is 2.44. The number of carbonyl (C=O) groups is 1. The van der Waals surface area contributed by atoms with Gasteiger partial charge in [0.05, 0.1) is 0 Å². The highest BCUT2D eigenvalue weighted by Crippen LogP contribution is 2.30. The maximum atomic E-state index is 12.4. The standard InChI is InChI=1S/C11H20F3NO2S/c1-4-10(5-2,18-3)7-15-6-8(9(16)17)11(12,13)14/h8,15H,4-7H2,1-3H3,(H,16,17). The second-order valence-electron chi connectivity index (χ2n) is 4.16. The van der Waals surface area contributed by atoms with Crippen LogP contribution in [0.4, 0.5) is 13.2 Å². The minimum absolute atomic E-state index is 0.130. The van der Waals surface area contributed by atoms with Crippen LogP contribution < -0.4 is 5.32 Å². The molecule has 0 aliphatic carbocycles. The first-order chi connectivity index (χ1) is 8.22. The third-order valence-electron chi connectivity index (χ3n) is 3.21.